The summed E-state index contributed by atoms with van der Waals surface area (Å²) in [5.74, 6) is -0.113. The van der Waals surface area contributed by atoms with Crippen LogP contribution in [-0.2, 0) is 0 Å². The normalized spacial score (nSPS) is 11.1. The van der Waals surface area contributed by atoms with Gasteiger partial charge in [-0.15, -0.1) is 0 Å². The molecule has 1 aromatic rings. The second kappa shape index (κ2) is 4.09. The lowest BCUT2D eigenvalue weighted by Gasteiger charge is -2.20. The highest BCUT2D eigenvalue weighted by Gasteiger charge is 2.16. The van der Waals surface area contributed by atoms with Crippen molar-refractivity contribution in [1.82, 2.24) is 10.3 Å². The fourth-order valence-corrected chi connectivity index (χ4v) is 1.35. The minimum absolute atomic E-state index is 0.113. The van der Waals surface area contributed by atoms with E-state index in [1.54, 1.807) is 18.5 Å². The predicted octanol–water partition coefficient (Wildman–Crippen LogP) is 2.37. The van der Waals surface area contributed by atoms with Crippen molar-refractivity contribution in [3.63, 3.8) is 0 Å². The number of nitrogens with one attached hydrogen (secondary N) is 1. The Labute approximate surface area is 92.1 Å². The molecule has 1 aromatic heterocycles. The lowest BCUT2D eigenvalue weighted by molar-refractivity contribution is 0.0918. The number of carbonyl (C=O) groups is 1. The number of hydrogen-bond donors (Lipinski definition) is 1. The number of carbonyl (C=O) groups excluding carboxylic acids is 1. The monoisotopic (exact) mass is 256 g/mol. The molecule has 0 bridgehead atoms. The van der Waals surface area contributed by atoms with Crippen LogP contribution >= 0.6 is 15.9 Å². The van der Waals surface area contributed by atoms with Gasteiger partial charge in [0.1, 0.15) is 0 Å². The van der Waals surface area contributed by atoms with Gasteiger partial charge in [0.05, 0.1) is 5.56 Å². The zero-order valence-electron chi connectivity index (χ0n) is 8.47. The van der Waals surface area contributed by atoms with Gasteiger partial charge >= 0.3 is 0 Å². The van der Waals surface area contributed by atoms with Crippen molar-refractivity contribution >= 4 is 21.8 Å². The number of amides is 1. The summed E-state index contributed by atoms with van der Waals surface area (Å²) in [7, 11) is 0. The van der Waals surface area contributed by atoms with Crippen LogP contribution in [0.1, 0.15) is 31.1 Å². The van der Waals surface area contributed by atoms with Crippen LogP contribution in [0.3, 0.4) is 0 Å². The molecule has 1 rings (SSSR count). The van der Waals surface area contributed by atoms with Gasteiger partial charge in [-0.2, -0.15) is 0 Å². The quantitative estimate of drug-likeness (QED) is 0.839. The van der Waals surface area contributed by atoms with Crippen LogP contribution < -0.4 is 5.32 Å². The third kappa shape index (κ3) is 3.10. The molecule has 0 radical (unpaired) electrons. The minimum atomic E-state index is -0.230. The van der Waals surface area contributed by atoms with Gasteiger partial charge in [0, 0.05) is 22.4 Å². The molecule has 0 spiro atoms. The summed E-state index contributed by atoms with van der Waals surface area (Å²) < 4.78 is 0.759. The number of aromatic nitrogens is 1. The van der Waals surface area contributed by atoms with Gasteiger partial charge in [-0.1, -0.05) is 0 Å². The predicted molar refractivity (Wildman–Crippen MR) is 59.2 cm³/mol. The number of halogens is 1. The number of hydrogen-bond acceptors (Lipinski definition) is 2. The molecule has 0 saturated heterocycles. The van der Waals surface area contributed by atoms with E-state index in [4.69, 9.17) is 0 Å². The van der Waals surface area contributed by atoms with Crippen molar-refractivity contribution < 1.29 is 4.79 Å². The fourth-order valence-electron chi connectivity index (χ4n) is 0.952. The first-order valence-corrected chi connectivity index (χ1v) is 5.11. The van der Waals surface area contributed by atoms with Crippen LogP contribution in [-0.4, -0.2) is 16.4 Å². The summed E-state index contributed by atoms with van der Waals surface area (Å²) in [6, 6.07) is 1.75. The van der Waals surface area contributed by atoms with E-state index < -0.39 is 0 Å². The fraction of sp³-hybridized carbons (Fsp3) is 0.400. The van der Waals surface area contributed by atoms with Crippen molar-refractivity contribution in [2.75, 3.05) is 0 Å². The third-order valence-corrected chi connectivity index (χ3v) is 2.19. The molecule has 3 nitrogen and oxygen atoms in total. The largest absolute Gasteiger partial charge is 0.347 e. The summed E-state index contributed by atoms with van der Waals surface area (Å²) in [4.78, 5) is 15.6. The Morgan fingerprint density at radius 1 is 1.50 bits per heavy atom. The van der Waals surface area contributed by atoms with Crippen molar-refractivity contribution in [1.29, 1.82) is 0 Å². The molecule has 0 aromatic carbocycles. The zero-order valence-corrected chi connectivity index (χ0v) is 10.1. The Hall–Kier alpha value is -0.900. The highest BCUT2D eigenvalue weighted by Crippen LogP contribution is 2.15. The summed E-state index contributed by atoms with van der Waals surface area (Å²) in [6.45, 7) is 5.82. The molecule has 0 unspecified atom stereocenters. The van der Waals surface area contributed by atoms with Gasteiger partial charge in [0.15, 0.2) is 0 Å². The van der Waals surface area contributed by atoms with Crippen LogP contribution in [0.5, 0.6) is 0 Å². The van der Waals surface area contributed by atoms with Crippen molar-refractivity contribution in [2.45, 2.75) is 26.3 Å². The molecule has 14 heavy (non-hydrogen) atoms. The van der Waals surface area contributed by atoms with Crippen LogP contribution in [0.4, 0.5) is 0 Å². The average Bonchev–Trinajstić information content (AvgIpc) is 2.01. The Morgan fingerprint density at radius 2 is 2.14 bits per heavy atom. The molecule has 4 heteroatoms. The summed E-state index contributed by atoms with van der Waals surface area (Å²) >= 11 is 3.30. The van der Waals surface area contributed by atoms with E-state index in [0.29, 0.717) is 5.56 Å². The van der Waals surface area contributed by atoms with Gasteiger partial charge in [-0.3, -0.25) is 9.78 Å². The molecule has 0 saturated carbocycles. The lowest BCUT2D eigenvalue weighted by atomic mass is 10.1. The maximum atomic E-state index is 11.7. The Bertz CT molecular complexity index is 344. The van der Waals surface area contributed by atoms with Crippen LogP contribution in [0.25, 0.3) is 0 Å². The Morgan fingerprint density at radius 3 is 2.64 bits per heavy atom. The first kappa shape index (κ1) is 11.2. The molecule has 1 N–H and O–H groups in total. The second-order valence-electron chi connectivity index (χ2n) is 4.06. The number of pyridine rings is 1. The SMILES string of the molecule is CC(C)(C)NC(=O)c1cnccc1Br. The van der Waals surface area contributed by atoms with Crippen LogP contribution in [0.2, 0.25) is 0 Å². The summed E-state index contributed by atoms with van der Waals surface area (Å²) in [6.07, 6.45) is 3.18. The van der Waals surface area contributed by atoms with Gasteiger partial charge in [-0.25, -0.2) is 0 Å². The van der Waals surface area contributed by atoms with Crippen LogP contribution in [0, 0.1) is 0 Å². The van der Waals surface area contributed by atoms with E-state index in [1.807, 2.05) is 20.8 Å². The number of nitrogens with zero attached hydrogens (tertiary/aromatic N) is 1. The van der Waals surface area contributed by atoms with E-state index >= 15 is 0 Å². The Kier molecular flexibility index (Phi) is 3.26. The third-order valence-electron chi connectivity index (χ3n) is 1.50. The highest BCUT2D eigenvalue weighted by atomic mass is 79.9. The first-order chi connectivity index (χ1) is 6.40. The highest BCUT2D eigenvalue weighted by molar-refractivity contribution is 9.10. The van der Waals surface area contributed by atoms with Crippen molar-refractivity contribution in [3.05, 3.63) is 28.5 Å². The topological polar surface area (TPSA) is 42.0 Å². The smallest absolute Gasteiger partial charge is 0.254 e. The molecular weight excluding hydrogens is 244 g/mol. The van der Waals surface area contributed by atoms with E-state index in [9.17, 15) is 4.79 Å². The van der Waals surface area contributed by atoms with Crippen molar-refractivity contribution in [3.8, 4) is 0 Å². The zero-order chi connectivity index (χ0) is 10.8. The maximum absolute atomic E-state index is 11.7. The van der Waals surface area contributed by atoms with E-state index in [0.717, 1.165) is 4.47 Å². The van der Waals surface area contributed by atoms with E-state index in [-0.39, 0.29) is 11.4 Å². The molecule has 0 aliphatic heterocycles. The molecular formula is C10H13BrN2O. The standard InChI is InChI=1S/C10H13BrN2O/c1-10(2,3)13-9(14)7-6-12-5-4-8(7)11/h4-6H,1-3H3,(H,13,14). The lowest BCUT2D eigenvalue weighted by Crippen LogP contribution is -2.40. The van der Waals surface area contributed by atoms with E-state index in [1.165, 1.54) is 0 Å². The molecule has 76 valence electrons. The molecule has 0 fully saturated rings. The molecule has 1 heterocycles. The Balaban J connectivity index is 2.86. The summed E-state index contributed by atoms with van der Waals surface area (Å²) in [5, 5.41) is 2.87. The second-order valence-corrected chi connectivity index (χ2v) is 4.91. The first-order valence-electron chi connectivity index (χ1n) is 4.32. The van der Waals surface area contributed by atoms with Gasteiger partial charge < -0.3 is 5.32 Å². The molecule has 0 aliphatic carbocycles. The van der Waals surface area contributed by atoms with Gasteiger partial charge in [0.25, 0.3) is 5.91 Å². The van der Waals surface area contributed by atoms with Gasteiger partial charge in [0.2, 0.25) is 0 Å². The number of rotatable bonds is 1. The van der Waals surface area contributed by atoms with Crippen molar-refractivity contribution in [2.24, 2.45) is 0 Å². The maximum Gasteiger partial charge on any atom is 0.254 e. The molecule has 0 aliphatic rings. The molecule has 0 atom stereocenters. The average molecular weight is 257 g/mol. The molecule has 1 amide bonds. The summed E-state index contributed by atoms with van der Waals surface area (Å²) in [5.41, 5.74) is 0.328. The van der Waals surface area contributed by atoms with Crippen LogP contribution in [0.15, 0.2) is 22.9 Å². The van der Waals surface area contributed by atoms with Gasteiger partial charge in [-0.05, 0) is 42.8 Å². The minimum Gasteiger partial charge on any atom is -0.347 e. The van der Waals surface area contributed by atoms with E-state index in [2.05, 4.69) is 26.2 Å².